The molecule has 1 aromatic heterocycles. The van der Waals surface area contributed by atoms with Crippen LogP contribution in [0.4, 0.5) is 18.3 Å². The molecule has 0 unspecified atom stereocenters. The smallest absolute Gasteiger partial charge is 0.406 e. The van der Waals surface area contributed by atoms with E-state index in [-0.39, 0.29) is 30.0 Å². The van der Waals surface area contributed by atoms with Crippen LogP contribution in [-0.4, -0.2) is 49.3 Å². The second kappa shape index (κ2) is 9.95. The van der Waals surface area contributed by atoms with E-state index < -0.39 is 6.36 Å². The van der Waals surface area contributed by atoms with Crippen LogP contribution in [-0.2, 0) is 4.79 Å². The first kappa shape index (κ1) is 23.7. The van der Waals surface area contributed by atoms with E-state index >= 15 is 0 Å². The first-order chi connectivity index (χ1) is 13.2. The molecule has 1 amide bonds. The van der Waals surface area contributed by atoms with E-state index in [4.69, 9.17) is 0 Å². The minimum absolute atomic E-state index is 0. The number of fused-ring (bicyclic) bond motifs is 1. The summed E-state index contributed by atoms with van der Waals surface area (Å²) in [7, 11) is 3.87. The fourth-order valence-electron chi connectivity index (χ4n) is 3.38. The van der Waals surface area contributed by atoms with Gasteiger partial charge in [0.15, 0.2) is 5.13 Å². The Morgan fingerprint density at radius 2 is 1.90 bits per heavy atom. The molecule has 10 heteroatoms. The van der Waals surface area contributed by atoms with Gasteiger partial charge >= 0.3 is 6.36 Å². The lowest BCUT2D eigenvalue weighted by atomic mass is 9.88. The Balaban J connectivity index is 0.00000300. The molecule has 0 spiro atoms. The first-order valence-corrected chi connectivity index (χ1v) is 10.2. The van der Waals surface area contributed by atoms with Gasteiger partial charge in [0.25, 0.3) is 0 Å². The van der Waals surface area contributed by atoms with Crippen LogP contribution < -0.4 is 9.64 Å². The average molecular weight is 452 g/mol. The summed E-state index contributed by atoms with van der Waals surface area (Å²) in [5, 5.41) is 0.525. The Hall–Kier alpha value is -1.58. The van der Waals surface area contributed by atoms with Gasteiger partial charge in [-0.05, 0) is 39.1 Å². The monoisotopic (exact) mass is 451 g/mol. The van der Waals surface area contributed by atoms with Crippen molar-refractivity contribution in [1.82, 2.24) is 9.88 Å². The van der Waals surface area contributed by atoms with Crippen molar-refractivity contribution >= 4 is 45.0 Å². The molecule has 1 heterocycles. The second-order valence-corrected chi connectivity index (χ2v) is 8.31. The second-order valence-electron chi connectivity index (χ2n) is 7.30. The third-order valence-corrected chi connectivity index (χ3v) is 5.85. The molecule has 1 aromatic carbocycles. The van der Waals surface area contributed by atoms with Crippen LogP contribution >= 0.6 is 23.7 Å². The number of benzene rings is 1. The van der Waals surface area contributed by atoms with Crippen molar-refractivity contribution in [2.75, 3.05) is 32.1 Å². The molecule has 0 N–H and O–H groups in total. The van der Waals surface area contributed by atoms with E-state index in [1.165, 1.54) is 29.5 Å². The number of thiazole rings is 1. The summed E-state index contributed by atoms with van der Waals surface area (Å²) in [5.74, 6) is -0.229. The average Bonchev–Trinajstić information content (AvgIpc) is 3.03. The van der Waals surface area contributed by atoms with Gasteiger partial charge in [-0.3, -0.25) is 9.69 Å². The van der Waals surface area contributed by atoms with E-state index in [1.54, 1.807) is 4.90 Å². The van der Waals surface area contributed by atoms with Gasteiger partial charge in [-0.1, -0.05) is 30.6 Å². The number of nitrogens with zero attached hydrogens (tertiary/aromatic N) is 3. The summed E-state index contributed by atoms with van der Waals surface area (Å²) in [6, 6.07) is 4.05. The highest BCUT2D eigenvalue weighted by atomic mass is 35.5. The van der Waals surface area contributed by atoms with Crippen molar-refractivity contribution in [2.24, 2.45) is 5.92 Å². The zero-order valence-electron chi connectivity index (χ0n) is 16.4. The number of carbonyl (C=O) groups is 1. The zero-order valence-corrected chi connectivity index (χ0v) is 18.0. The molecular formula is C19H25ClF3N3O2S. The maximum absolute atomic E-state index is 13.1. The van der Waals surface area contributed by atoms with Crippen LogP contribution in [0.1, 0.15) is 32.1 Å². The summed E-state index contributed by atoms with van der Waals surface area (Å²) in [6.07, 6.45) is 0.282. The summed E-state index contributed by atoms with van der Waals surface area (Å²) in [5.41, 5.74) is 0.556. The molecule has 0 aliphatic heterocycles. The highest BCUT2D eigenvalue weighted by Crippen LogP contribution is 2.35. The number of halogens is 4. The van der Waals surface area contributed by atoms with E-state index in [0.717, 1.165) is 32.1 Å². The molecule has 0 saturated heterocycles. The van der Waals surface area contributed by atoms with Crippen molar-refractivity contribution in [3.05, 3.63) is 18.2 Å². The lowest BCUT2D eigenvalue weighted by Gasteiger charge is -2.28. The maximum Gasteiger partial charge on any atom is 0.573 e. The van der Waals surface area contributed by atoms with E-state index in [1.807, 2.05) is 19.0 Å². The molecule has 1 saturated carbocycles. The Bertz CT molecular complexity index is 823. The predicted octanol–water partition coefficient (Wildman–Crippen LogP) is 5.09. The van der Waals surface area contributed by atoms with Gasteiger partial charge in [0.2, 0.25) is 5.91 Å². The number of anilines is 1. The van der Waals surface area contributed by atoms with Crippen LogP contribution in [0.5, 0.6) is 5.75 Å². The highest BCUT2D eigenvalue weighted by Gasteiger charge is 2.32. The number of amides is 1. The molecule has 5 nitrogen and oxygen atoms in total. The van der Waals surface area contributed by atoms with Crippen molar-refractivity contribution in [1.29, 1.82) is 0 Å². The molecule has 1 aliphatic rings. The van der Waals surface area contributed by atoms with E-state index in [2.05, 4.69) is 9.72 Å². The number of hydrogen-bond donors (Lipinski definition) is 0. The molecule has 29 heavy (non-hydrogen) atoms. The molecular weight excluding hydrogens is 427 g/mol. The summed E-state index contributed by atoms with van der Waals surface area (Å²) >= 11 is 1.22. The topological polar surface area (TPSA) is 45.7 Å². The first-order valence-electron chi connectivity index (χ1n) is 9.35. The van der Waals surface area contributed by atoms with Gasteiger partial charge < -0.3 is 9.64 Å². The van der Waals surface area contributed by atoms with E-state index in [0.29, 0.717) is 28.4 Å². The number of carbonyl (C=O) groups excluding carboxylic acids is 1. The Labute approximate surface area is 178 Å². The molecule has 0 radical (unpaired) electrons. The zero-order chi connectivity index (χ0) is 20.3. The Morgan fingerprint density at radius 1 is 1.21 bits per heavy atom. The standard InChI is InChI=1S/C19H24F3N3O2S.ClH/c1-24(2)10-11-25(17(26)13-6-4-3-5-7-13)18-23-15-9-8-14(12-16(15)28-18)27-19(20,21)22;/h8-9,12-13H,3-7,10-11H2,1-2H3;1H. The highest BCUT2D eigenvalue weighted by molar-refractivity contribution is 7.22. The fourth-order valence-corrected chi connectivity index (χ4v) is 4.40. The quantitative estimate of drug-likeness (QED) is 0.613. The Kier molecular flexibility index (Phi) is 8.13. The maximum atomic E-state index is 13.1. The van der Waals surface area contributed by atoms with Crippen molar-refractivity contribution in [2.45, 2.75) is 38.5 Å². The van der Waals surface area contributed by atoms with Gasteiger partial charge in [-0.2, -0.15) is 0 Å². The normalized spacial score (nSPS) is 15.4. The van der Waals surface area contributed by atoms with Crippen molar-refractivity contribution in [3.8, 4) is 5.75 Å². The van der Waals surface area contributed by atoms with Crippen molar-refractivity contribution < 1.29 is 22.7 Å². The van der Waals surface area contributed by atoms with Gasteiger partial charge in [0.1, 0.15) is 5.75 Å². The predicted molar refractivity (Wildman–Crippen MR) is 111 cm³/mol. The van der Waals surface area contributed by atoms with Crippen LogP contribution in [0.2, 0.25) is 0 Å². The minimum atomic E-state index is -4.74. The summed E-state index contributed by atoms with van der Waals surface area (Å²) in [6.45, 7) is 1.17. The molecule has 1 aliphatic carbocycles. The molecule has 0 bridgehead atoms. The van der Waals surface area contributed by atoms with Crippen molar-refractivity contribution in [3.63, 3.8) is 0 Å². The number of rotatable bonds is 6. The molecule has 3 rings (SSSR count). The molecule has 2 aromatic rings. The lowest BCUT2D eigenvalue weighted by Crippen LogP contribution is -2.41. The van der Waals surface area contributed by atoms with Crippen LogP contribution in [0, 0.1) is 5.92 Å². The van der Waals surface area contributed by atoms with E-state index in [9.17, 15) is 18.0 Å². The van der Waals surface area contributed by atoms with Gasteiger partial charge in [0, 0.05) is 25.1 Å². The lowest BCUT2D eigenvalue weighted by molar-refractivity contribution is -0.274. The molecule has 162 valence electrons. The molecule has 1 fully saturated rings. The number of hydrogen-bond acceptors (Lipinski definition) is 5. The molecule has 0 atom stereocenters. The largest absolute Gasteiger partial charge is 0.573 e. The van der Waals surface area contributed by atoms with Gasteiger partial charge in [-0.15, -0.1) is 25.6 Å². The third-order valence-electron chi connectivity index (χ3n) is 4.80. The summed E-state index contributed by atoms with van der Waals surface area (Å²) in [4.78, 5) is 21.3. The Morgan fingerprint density at radius 3 is 2.52 bits per heavy atom. The van der Waals surface area contributed by atoms with Gasteiger partial charge in [0.05, 0.1) is 10.2 Å². The SMILES string of the molecule is CN(C)CCN(C(=O)C1CCCCC1)c1nc2ccc(OC(F)(F)F)cc2s1.Cl. The number of ether oxygens (including phenoxy) is 1. The number of aromatic nitrogens is 1. The third kappa shape index (κ3) is 6.45. The number of likely N-dealkylation sites (N-methyl/N-ethyl adjacent to an activating group) is 1. The van der Waals surface area contributed by atoms with Crippen LogP contribution in [0.3, 0.4) is 0 Å². The fraction of sp³-hybridized carbons (Fsp3) is 0.579. The summed E-state index contributed by atoms with van der Waals surface area (Å²) < 4.78 is 42.0. The van der Waals surface area contributed by atoms with Crippen LogP contribution in [0.15, 0.2) is 18.2 Å². The van der Waals surface area contributed by atoms with Gasteiger partial charge in [-0.25, -0.2) is 4.98 Å². The number of alkyl halides is 3. The minimum Gasteiger partial charge on any atom is -0.406 e. The van der Waals surface area contributed by atoms with Crippen LogP contribution in [0.25, 0.3) is 10.2 Å².